The lowest BCUT2D eigenvalue weighted by molar-refractivity contribution is -0.119. The largest absolute Gasteiger partial charge is 0.326 e. The number of nitrogens with one attached hydrogen (secondary N) is 1. The number of amides is 1. The second kappa shape index (κ2) is 8.12. The molecule has 1 aliphatic heterocycles. The van der Waals surface area contributed by atoms with Gasteiger partial charge in [0.25, 0.3) is 0 Å². The van der Waals surface area contributed by atoms with Crippen LogP contribution in [-0.2, 0) is 14.8 Å². The molecule has 1 fully saturated rings. The lowest BCUT2D eigenvalue weighted by Gasteiger charge is -2.21. The van der Waals surface area contributed by atoms with E-state index in [0.29, 0.717) is 29.2 Å². The van der Waals surface area contributed by atoms with Gasteiger partial charge in [-0.1, -0.05) is 32.8 Å². The van der Waals surface area contributed by atoms with Crippen LogP contribution in [0.5, 0.6) is 0 Å². The van der Waals surface area contributed by atoms with Gasteiger partial charge >= 0.3 is 0 Å². The summed E-state index contributed by atoms with van der Waals surface area (Å²) in [7, 11) is -3.52. The van der Waals surface area contributed by atoms with E-state index in [-0.39, 0.29) is 11.8 Å². The van der Waals surface area contributed by atoms with Crippen molar-refractivity contribution >= 4 is 21.6 Å². The quantitative estimate of drug-likeness (QED) is 0.881. The molecular weight excluding hydrogens is 324 g/mol. The third-order valence-corrected chi connectivity index (χ3v) is 6.74. The molecule has 24 heavy (non-hydrogen) atoms. The summed E-state index contributed by atoms with van der Waals surface area (Å²) >= 11 is 0. The Labute approximate surface area is 145 Å². The molecule has 0 radical (unpaired) electrons. The minimum Gasteiger partial charge on any atom is -0.326 e. The number of carbonyl (C=O) groups excluding carboxylic acids is 1. The van der Waals surface area contributed by atoms with Crippen LogP contribution in [0, 0.1) is 12.8 Å². The number of hydrogen-bond acceptors (Lipinski definition) is 3. The third-order valence-electron chi connectivity index (χ3n) is 4.70. The van der Waals surface area contributed by atoms with Crippen molar-refractivity contribution in [3.8, 4) is 0 Å². The number of benzene rings is 1. The lowest BCUT2D eigenvalue weighted by atomic mass is 10.1. The van der Waals surface area contributed by atoms with Crippen molar-refractivity contribution in [2.45, 2.75) is 57.8 Å². The van der Waals surface area contributed by atoms with Gasteiger partial charge in [0, 0.05) is 24.7 Å². The Morgan fingerprint density at radius 2 is 1.83 bits per heavy atom. The molecule has 1 N–H and O–H groups in total. The smallest absolute Gasteiger partial charge is 0.243 e. The monoisotopic (exact) mass is 352 g/mol. The highest BCUT2D eigenvalue weighted by molar-refractivity contribution is 7.89. The molecule has 1 aromatic rings. The molecule has 1 amide bonds. The maximum atomic E-state index is 13.0. The topological polar surface area (TPSA) is 66.5 Å². The molecule has 0 aromatic heterocycles. The van der Waals surface area contributed by atoms with E-state index in [2.05, 4.69) is 5.32 Å². The van der Waals surface area contributed by atoms with Crippen LogP contribution in [0.2, 0.25) is 0 Å². The molecular formula is C18H28N2O3S. The highest BCUT2D eigenvalue weighted by Gasteiger charge is 2.27. The van der Waals surface area contributed by atoms with Crippen molar-refractivity contribution in [2.75, 3.05) is 18.4 Å². The zero-order valence-corrected chi connectivity index (χ0v) is 15.7. The number of aryl methyl sites for hydroxylation is 1. The van der Waals surface area contributed by atoms with Gasteiger partial charge in [-0.3, -0.25) is 4.79 Å². The normalized spacial score (nSPS) is 18.0. The summed E-state index contributed by atoms with van der Waals surface area (Å²) in [6.45, 7) is 6.76. The average Bonchev–Trinajstić information content (AvgIpc) is 2.85. The Kier molecular flexibility index (Phi) is 6.40. The molecule has 5 nitrogen and oxygen atoms in total. The standard InChI is InChI=1S/C18H28N2O3S/c1-4-14(2)18(21)19-16-10-9-15(3)17(13-16)24(22,23)20-11-7-5-6-8-12-20/h9-10,13-14H,4-8,11-12H2,1-3H3,(H,19,21)/t14-/m0/s1. The first-order valence-corrected chi connectivity index (χ1v) is 10.2. The maximum absolute atomic E-state index is 13.0. The SMILES string of the molecule is CC[C@H](C)C(=O)Nc1ccc(C)c(S(=O)(=O)N2CCCCCC2)c1. The van der Waals surface area contributed by atoms with Crippen LogP contribution in [0.4, 0.5) is 5.69 Å². The van der Waals surface area contributed by atoms with Crippen molar-refractivity contribution in [1.82, 2.24) is 4.31 Å². The minimum absolute atomic E-state index is 0.0838. The highest BCUT2D eigenvalue weighted by atomic mass is 32.2. The third kappa shape index (κ3) is 4.36. The zero-order chi connectivity index (χ0) is 17.7. The van der Waals surface area contributed by atoms with Crippen LogP contribution in [0.15, 0.2) is 23.1 Å². The Balaban J connectivity index is 2.28. The predicted molar refractivity (Wildman–Crippen MR) is 96.5 cm³/mol. The summed E-state index contributed by atoms with van der Waals surface area (Å²) in [4.78, 5) is 12.4. The summed E-state index contributed by atoms with van der Waals surface area (Å²) in [5, 5.41) is 2.83. The van der Waals surface area contributed by atoms with E-state index >= 15 is 0 Å². The Hall–Kier alpha value is -1.40. The van der Waals surface area contributed by atoms with E-state index in [1.54, 1.807) is 29.4 Å². The number of nitrogens with zero attached hydrogens (tertiary/aromatic N) is 1. The lowest BCUT2D eigenvalue weighted by Crippen LogP contribution is -2.32. The first kappa shape index (κ1) is 18.9. The van der Waals surface area contributed by atoms with E-state index < -0.39 is 10.0 Å². The van der Waals surface area contributed by atoms with Crippen molar-refractivity contribution in [3.63, 3.8) is 0 Å². The van der Waals surface area contributed by atoms with Crippen molar-refractivity contribution in [2.24, 2.45) is 5.92 Å². The fourth-order valence-electron chi connectivity index (χ4n) is 2.83. The van der Waals surface area contributed by atoms with Crippen LogP contribution >= 0.6 is 0 Å². The molecule has 6 heteroatoms. The van der Waals surface area contributed by atoms with E-state index in [1.165, 1.54) is 0 Å². The molecule has 2 rings (SSSR count). The van der Waals surface area contributed by atoms with Gasteiger partial charge in [0.1, 0.15) is 0 Å². The number of sulfonamides is 1. The van der Waals surface area contributed by atoms with Gasteiger partial charge in [0.2, 0.25) is 15.9 Å². The molecule has 0 saturated carbocycles. The predicted octanol–water partition coefficient (Wildman–Crippen LogP) is 3.54. The van der Waals surface area contributed by atoms with Gasteiger partial charge in [0.05, 0.1) is 4.90 Å². The molecule has 0 aliphatic carbocycles. The number of hydrogen-bond donors (Lipinski definition) is 1. The molecule has 0 unspecified atom stereocenters. The van der Waals surface area contributed by atoms with Gasteiger partial charge in [-0.25, -0.2) is 8.42 Å². The van der Waals surface area contributed by atoms with Crippen LogP contribution in [0.3, 0.4) is 0 Å². The first-order chi connectivity index (χ1) is 11.4. The Bertz CT molecular complexity index is 678. The van der Waals surface area contributed by atoms with E-state index in [0.717, 1.165) is 32.1 Å². The summed E-state index contributed by atoms with van der Waals surface area (Å²) in [5.41, 5.74) is 1.25. The molecule has 1 saturated heterocycles. The van der Waals surface area contributed by atoms with Crippen LogP contribution in [-0.4, -0.2) is 31.7 Å². The summed E-state index contributed by atoms with van der Waals surface area (Å²) in [6.07, 6.45) is 4.72. The molecule has 1 aromatic carbocycles. The van der Waals surface area contributed by atoms with Crippen molar-refractivity contribution in [3.05, 3.63) is 23.8 Å². The average molecular weight is 353 g/mol. The summed E-state index contributed by atoms with van der Waals surface area (Å²) < 4.78 is 27.6. The molecule has 0 bridgehead atoms. The number of carbonyl (C=O) groups is 1. The minimum atomic E-state index is -3.52. The van der Waals surface area contributed by atoms with E-state index in [9.17, 15) is 13.2 Å². The van der Waals surface area contributed by atoms with Gasteiger partial charge in [-0.2, -0.15) is 4.31 Å². The molecule has 134 valence electrons. The van der Waals surface area contributed by atoms with E-state index in [1.807, 2.05) is 13.8 Å². The fourth-order valence-corrected chi connectivity index (χ4v) is 4.60. The van der Waals surface area contributed by atoms with Crippen LogP contribution in [0.25, 0.3) is 0 Å². The first-order valence-electron chi connectivity index (χ1n) is 8.78. The molecule has 1 atom stereocenters. The van der Waals surface area contributed by atoms with E-state index in [4.69, 9.17) is 0 Å². The fraction of sp³-hybridized carbons (Fsp3) is 0.611. The second-order valence-corrected chi connectivity index (χ2v) is 8.50. The zero-order valence-electron chi connectivity index (χ0n) is 14.8. The van der Waals surface area contributed by atoms with Gasteiger partial charge in [0.15, 0.2) is 0 Å². The Morgan fingerprint density at radius 1 is 1.21 bits per heavy atom. The highest BCUT2D eigenvalue weighted by Crippen LogP contribution is 2.26. The van der Waals surface area contributed by atoms with Gasteiger partial charge < -0.3 is 5.32 Å². The summed E-state index contributed by atoms with van der Waals surface area (Å²) in [6, 6.07) is 5.11. The number of rotatable bonds is 5. The Morgan fingerprint density at radius 3 is 2.42 bits per heavy atom. The second-order valence-electron chi connectivity index (χ2n) is 6.60. The molecule has 0 spiro atoms. The van der Waals surface area contributed by atoms with Crippen LogP contribution < -0.4 is 5.32 Å². The number of anilines is 1. The van der Waals surface area contributed by atoms with Gasteiger partial charge in [-0.05, 0) is 43.9 Å². The molecule has 1 aliphatic rings. The van der Waals surface area contributed by atoms with Crippen molar-refractivity contribution in [1.29, 1.82) is 0 Å². The van der Waals surface area contributed by atoms with Crippen LogP contribution in [0.1, 0.15) is 51.5 Å². The van der Waals surface area contributed by atoms with Gasteiger partial charge in [-0.15, -0.1) is 0 Å². The molecule has 1 heterocycles. The summed E-state index contributed by atoms with van der Waals surface area (Å²) in [5.74, 6) is -0.184. The van der Waals surface area contributed by atoms with Crippen molar-refractivity contribution < 1.29 is 13.2 Å². The maximum Gasteiger partial charge on any atom is 0.243 e.